The second-order valence-corrected chi connectivity index (χ2v) is 7.19. The summed E-state index contributed by atoms with van der Waals surface area (Å²) in [6.45, 7) is 0.386. The van der Waals surface area contributed by atoms with Gasteiger partial charge >= 0.3 is 6.18 Å². The zero-order chi connectivity index (χ0) is 23.4. The van der Waals surface area contributed by atoms with E-state index in [0.717, 1.165) is 12.1 Å². The fraction of sp³-hybridized carbons (Fsp3) is 0.174. The summed E-state index contributed by atoms with van der Waals surface area (Å²) in [6.07, 6.45) is -1.30. The first-order valence-electron chi connectivity index (χ1n) is 9.98. The number of aromatic nitrogens is 3. The summed E-state index contributed by atoms with van der Waals surface area (Å²) in [5, 5.41) is 12.5. The van der Waals surface area contributed by atoms with Gasteiger partial charge in [0.25, 0.3) is 0 Å². The monoisotopic (exact) mass is 456 g/mol. The number of ether oxygens (including phenoxy) is 1. The minimum Gasteiger partial charge on any atom is -0.438 e. The van der Waals surface area contributed by atoms with Crippen molar-refractivity contribution in [3.05, 3.63) is 78.2 Å². The van der Waals surface area contributed by atoms with Gasteiger partial charge in [-0.3, -0.25) is 4.79 Å². The number of aliphatic hydroxyl groups excluding tert-OH is 1. The number of fused-ring (bicyclic) bond motifs is 1. The highest BCUT2D eigenvalue weighted by Crippen LogP contribution is 2.30. The number of hydrogen-bond donors (Lipinski definition) is 2. The third kappa shape index (κ3) is 5.29. The molecule has 2 N–H and O–H groups in total. The van der Waals surface area contributed by atoms with E-state index in [9.17, 15) is 18.0 Å². The van der Waals surface area contributed by atoms with Gasteiger partial charge in [0.05, 0.1) is 24.0 Å². The van der Waals surface area contributed by atoms with E-state index in [1.54, 1.807) is 41.1 Å². The van der Waals surface area contributed by atoms with Gasteiger partial charge in [-0.05, 0) is 48.0 Å². The third-order valence-corrected chi connectivity index (χ3v) is 4.86. The van der Waals surface area contributed by atoms with Crippen LogP contribution in [0.15, 0.2) is 67.1 Å². The van der Waals surface area contributed by atoms with Gasteiger partial charge in [0.15, 0.2) is 0 Å². The van der Waals surface area contributed by atoms with Gasteiger partial charge in [0.2, 0.25) is 11.8 Å². The topological polar surface area (TPSA) is 89.3 Å². The van der Waals surface area contributed by atoms with Gasteiger partial charge in [-0.15, -0.1) is 0 Å². The molecule has 2 aromatic heterocycles. The van der Waals surface area contributed by atoms with Crippen molar-refractivity contribution in [1.82, 2.24) is 14.5 Å². The molecule has 2 heterocycles. The maximum atomic E-state index is 12.6. The van der Waals surface area contributed by atoms with Crippen LogP contribution in [-0.4, -0.2) is 32.2 Å². The highest BCUT2D eigenvalue weighted by molar-refractivity contribution is 5.92. The summed E-state index contributed by atoms with van der Waals surface area (Å²) < 4.78 is 45.6. The van der Waals surface area contributed by atoms with Crippen molar-refractivity contribution < 1.29 is 27.8 Å². The Morgan fingerprint density at radius 1 is 1.03 bits per heavy atom. The lowest BCUT2D eigenvalue weighted by molar-refractivity contribution is -0.137. The second kappa shape index (κ2) is 9.29. The lowest BCUT2D eigenvalue weighted by Crippen LogP contribution is -2.14. The van der Waals surface area contributed by atoms with Gasteiger partial charge in [0.1, 0.15) is 17.7 Å². The molecule has 170 valence electrons. The molecule has 2 aromatic carbocycles. The molecule has 0 spiro atoms. The van der Waals surface area contributed by atoms with Crippen LogP contribution in [0, 0.1) is 0 Å². The minimum absolute atomic E-state index is 0.0178. The zero-order valence-electron chi connectivity index (χ0n) is 17.2. The SMILES string of the molecule is O=C(Cc1ccc(C(F)(F)F)cc1)Nc1ccc(Oc2ncnc3c2ccn3CCO)cc1. The van der Waals surface area contributed by atoms with Crippen molar-refractivity contribution in [2.75, 3.05) is 11.9 Å². The number of anilines is 1. The summed E-state index contributed by atoms with van der Waals surface area (Å²) in [7, 11) is 0. The smallest absolute Gasteiger partial charge is 0.416 e. The maximum Gasteiger partial charge on any atom is 0.416 e. The van der Waals surface area contributed by atoms with E-state index < -0.39 is 11.7 Å². The second-order valence-electron chi connectivity index (χ2n) is 7.19. The standard InChI is InChI=1S/C23H19F3N4O3/c24-23(25,26)16-3-1-15(2-4-16)13-20(32)29-17-5-7-18(8-6-17)33-22-19-9-10-30(11-12-31)21(19)27-14-28-22/h1-10,14,31H,11-13H2,(H,29,32). The van der Waals surface area contributed by atoms with Crippen LogP contribution in [0.4, 0.5) is 18.9 Å². The summed E-state index contributed by atoms with van der Waals surface area (Å²) in [5.74, 6) is 0.493. The summed E-state index contributed by atoms with van der Waals surface area (Å²) in [5.41, 5.74) is 0.872. The number of carbonyl (C=O) groups excluding carboxylic acids is 1. The van der Waals surface area contributed by atoms with Crippen LogP contribution >= 0.6 is 0 Å². The van der Waals surface area contributed by atoms with Crippen LogP contribution in [0.3, 0.4) is 0 Å². The average Bonchev–Trinajstić information content (AvgIpc) is 3.19. The molecule has 0 radical (unpaired) electrons. The highest BCUT2D eigenvalue weighted by Gasteiger charge is 2.29. The number of nitrogens with one attached hydrogen (secondary N) is 1. The number of rotatable bonds is 7. The number of benzene rings is 2. The van der Waals surface area contributed by atoms with Gasteiger partial charge in [-0.1, -0.05) is 12.1 Å². The van der Waals surface area contributed by atoms with Crippen molar-refractivity contribution in [2.45, 2.75) is 19.1 Å². The predicted octanol–water partition coefficient (Wildman–Crippen LogP) is 4.42. The fourth-order valence-electron chi connectivity index (χ4n) is 3.27. The molecule has 0 saturated heterocycles. The van der Waals surface area contributed by atoms with Gasteiger partial charge in [-0.2, -0.15) is 13.2 Å². The molecule has 10 heteroatoms. The number of aliphatic hydroxyl groups is 1. The van der Waals surface area contributed by atoms with Gasteiger partial charge < -0.3 is 19.7 Å². The summed E-state index contributed by atoms with van der Waals surface area (Å²) in [6, 6.07) is 12.9. The number of carbonyl (C=O) groups is 1. The van der Waals surface area contributed by atoms with E-state index in [2.05, 4.69) is 15.3 Å². The first kappa shape index (κ1) is 22.3. The number of amides is 1. The van der Waals surface area contributed by atoms with Crippen LogP contribution in [0.5, 0.6) is 11.6 Å². The van der Waals surface area contributed by atoms with Crippen LogP contribution < -0.4 is 10.1 Å². The molecule has 0 aliphatic rings. The molecule has 1 amide bonds. The normalized spacial score (nSPS) is 11.5. The molecule has 4 aromatic rings. The maximum absolute atomic E-state index is 12.6. The van der Waals surface area contributed by atoms with Crippen molar-refractivity contribution in [2.24, 2.45) is 0 Å². The average molecular weight is 456 g/mol. The Bertz CT molecular complexity index is 1250. The minimum atomic E-state index is -4.41. The summed E-state index contributed by atoms with van der Waals surface area (Å²) in [4.78, 5) is 20.6. The van der Waals surface area contributed by atoms with Crippen LogP contribution in [0.1, 0.15) is 11.1 Å². The Morgan fingerprint density at radius 3 is 2.42 bits per heavy atom. The number of alkyl halides is 3. The van der Waals surface area contributed by atoms with Gasteiger partial charge in [0, 0.05) is 18.4 Å². The third-order valence-electron chi connectivity index (χ3n) is 4.86. The molecule has 4 rings (SSSR count). The highest BCUT2D eigenvalue weighted by atomic mass is 19.4. The van der Waals surface area contributed by atoms with E-state index in [1.807, 2.05) is 0 Å². The van der Waals surface area contributed by atoms with E-state index in [0.29, 0.717) is 40.5 Å². The van der Waals surface area contributed by atoms with Gasteiger partial charge in [-0.25, -0.2) is 9.97 Å². The number of nitrogens with zero attached hydrogens (tertiary/aromatic N) is 3. The molecule has 0 atom stereocenters. The molecule has 0 bridgehead atoms. The summed E-state index contributed by atoms with van der Waals surface area (Å²) >= 11 is 0. The van der Waals surface area contributed by atoms with E-state index in [4.69, 9.17) is 9.84 Å². The van der Waals surface area contributed by atoms with Crippen LogP contribution in [-0.2, 0) is 23.9 Å². The largest absolute Gasteiger partial charge is 0.438 e. The Labute approximate surface area is 186 Å². The molecule has 7 nitrogen and oxygen atoms in total. The molecule has 0 aliphatic carbocycles. The van der Waals surface area contributed by atoms with Crippen LogP contribution in [0.2, 0.25) is 0 Å². The van der Waals surface area contributed by atoms with Crippen molar-refractivity contribution in [3.63, 3.8) is 0 Å². The molecule has 0 fully saturated rings. The first-order chi connectivity index (χ1) is 15.8. The molecule has 33 heavy (non-hydrogen) atoms. The first-order valence-corrected chi connectivity index (χ1v) is 9.98. The zero-order valence-corrected chi connectivity index (χ0v) is 17.2. The number of hydrogen-bond acceptors (Lipinski definition) is 5. The number of halogens is 3. The Kier molecular flexibility index (Phi) is 6.27. The lowest BCUT2D eigenvalue weighted by atomic mass is 10.1. The Morgan fingerprint density at radius 2 is 1.76 bits per heavy atom. The molecular weight excluding hydrogens is 437 g/mol. The Balaban J connectivity index is 1.38. The molecule has 0 aliphatic heterocycles. The fourth-order valence-corrected chi connectivity index (χ4v) is 3.27. The predicted molar refractivity (Wildman–Crippen MR) is 115 cm³/mol. The van der Waals surface area contributed by atoms with E-state index in [-0.39, 0.29) is 18.9 Å². The molecule has 0 saturated carbocycles. The van der Waals surface area contributed by atoms with Crippen LogP contribution in [0.25, 0.3) is 11.0 Å². The van der Waals surface area contributed by atoms with Crippen molar-refractivity contribution in [1.29, 1.82) is 0 Å². The van der Waals surface area contributed by atoms with E-state index >= 15 is 0 Å². The van der Waals surface area contributed by atoms with Crippen molar-refractivity contribution in [3.8, 4) is 11.6 Å². The Hall–Kier alpha value is -3.92. The quantitative estimate of drug-likeness (QED) is 0.430. The van der Waals surface area contributed by atoms with E-state index in [1.165, 1.54) is 18.5 Å². The molecular formula is C23H19F3N4O3. The van der Waals surface area contributed by atoms with Crippen molar-refractivity contribution >= 4 is 22.6 Å². The lowest BCUT2D eigenvalue weighted by Gasteiger charge is -2.09. The molecule has 0 unspecified atom stereocenters.